The van der Waals surface area contributed by atoms with Crippen LogP contribution in [0.3, 0.4) is 0 Å². The van der Waals surface area contributed by atoms with Gasteiger partial charge in [-0.15, -0.1) is 0 Å². The molecule has 2 aromatic carbocycles. The number of ether oxygens (including phenoxy) is 1. The van der Waals surface area contributed by atoms with E-state index < -0.39 is 17.6 Å². The standard InChI is InChI=1S/C14H11F3N2O2/c15-14(16,17)9-3-1-2-4-11(9)21-12-6-5-8(13(19)20)7-10(12)18/h1-7H,18H2,(H2,19,20). The molecule has 0 radical (unpaired) electrons. The number of nitrogens with two attached hydrogens (primary N) is 2. The zero-order valence-corrected chi connectivity index (χ0v) is 10.6. The van der Waals surface area contributed by atoms with Crippen LogP contribution >= 0.6 is 0 Å². The number of primary amides is 1. The number of hydrogen-bond donors (Lipinski definition) is 2. The highest BCUT2D eigenvalue weighted by Crippen LogP contribution is 2.39. The van der Waals surface area contributed by atoms with Crippen LogP contribution in [0.5, 0.6) is 11.5 Å². The van der Waals surface area contributed by atoms with E-state index in [2.05, 4.69) is 0 Å². The molecule has 0 aromatic heterocycles. The Morgan fingerprint density at radius 3 is 2.29 bits per heavy atom. The number of para-hydroxylation sites is 1. The number of carbonyl (C=O) groups excluding carboxylic acids is 1. The molecule has 4 nitrogen and oxygen atoms in total. The van der Waals surface area contributed by atoms with Gasteiger partial charge in [-0.3, -0.25) is 4.79 Å². The number of rotatable bonds is 3. The van der Waals surface area contributed by atoms with Gasteiger partial charge < -0.3 is 16.2 Å². The molecule has 0 aliphatic heterocycles. The Kier molecular flexibility index (Phi) is 3.75. The second-order valence-electron chi connectivity index (χ2n) is 4.21. The molecule has 0 aliphatic rings. The van der Waals surface area contributed by atoms with Crippen LogP contribution in [0.4, 0.5) is 18.9 Å². The molecule has 0 unspecified atom stereocenters. The van der Waals surface area contributed by atoms with Crippen molar-refractivity contribution in [2.75, 3.05) is 5.73 Å². The molecular weight excluding hydrogens is 285 g/mol. The Labute approximate surface area is 118 Å². The Morgan fingerprint density at radius 1 is 1.05 bits per heavy atom. The molecule has 1 amide bonds. The van der Waals surface area contributed by atoms with Gasteiger partial charge in [-0.05, 0) is 30.3 Å². The second kappa shape index (κ2) is 5.35. The van der Waals surface area contributed by atoms with Crippen molar-refractivity contribution in [3.05, 3.63) is 53.6 Å². The van der Waals surface area contributed by atoms with E-state index in [0.29, 0.717) is 0 Å². The summed E-state index contributed by atoms with van der Waals surface area (Å²) in [5, 5.41) is 0. The number of carbonyl (C=O) groups is 1. The first kappa shape index (κ1) is 14.7. The summed E-state index contributed by atoms with van der Waals surface area (Å²) in [5.41, 5.74) is 9.98. The summed E-state index contributed by atoms with van der Waals surface area (Å²) in [4.78, 5) is 11.0. The van der Waals surface area contributed by atoms with Crippen LogP contribution in [-0.2, 0) is 6.18 Å². The minimum absolute atomic E-state index is 0.0108. The summed E-state index contributed by atoms with van der Waals surface area (Å²) < 4.78 is 43.8. The van der Waals surface area contributed by atoms with Gasteiger partial charge in [0.05, 0.1) is 11.3 Å². The molecule has 0 fully saturated rings. The largest absolute Gasteiger partial charge is 0.455 e. The molecule has 7 heteroatoms. The predicted octanol–water partition coefficient (Wildman–Crippen LogP) is 3.18. The van der Waals surface area contributed by atoms with Crippen LogP contribution in [0.25, 0.3) is 0 Å². The SMILES string of the molecule is NC(=O)c1ccc(Oc2ccccc2C(F)(F)F)c(N)c1. The van der Waals surface area contributed by atoms with Crippen molar-refractivity contribution in [2.45, 2.75) is 6.18 Å². The van der Waals surface area contributed by atoms with Gasteiger partial charge in [-0.1, -0.05) is 12.1 Å². The summed E-state index contributed by atoms with van der Waals surface area (Å²) in [7, 11) is 0. The third-order valence-corrected chi connectivity index (χ3v) is 2.71. The lowest BCUT2D eigenvalue weighted by Gasteiger charge is -2.14. The average Bonchev–Trinajstić information content (AvgIpc) is 2.40. The molecule has 0 atom stereocenters. The normalized spacial score (nSPS) is 11.2. The lowest BCUT2D eigenvalue weighted by atomic mass is 10.1. The molecule has 110 valence electrons. The molecule has 4 N–H and O–H groups in total. The zero-order valence-electron chi connectivity index (χ0n) is 10.6. The Hall–Kier alpha value is -2.70. The fourth-order valence-electron chi connectivity index (χ4n) is 1.70. The van der Waals surface area contributed by atoms with Crippen molar-refractivity contribution in [3.8, 4) is 11.5 Å². The molecule has 0 spiro atoms. The lowest BCUT2D eigenvalue weighted by Crippen LogP contribution is -2.11. The number of amides is 1. The summed E-state index contributed by atoms with van der Waals surface area (Å²) in [6.45, 7) is 0. The van der Waals surface area contributed by atoms with Gasteiger partial charge in [0.1, 0.15) is 11.5 Å². The van der Waals surface area contributed by atoms with E-state index >= 15 is 0 Å². The molecule has 2 rings (SSSR count). The van der Waals surface area contributed by atoms with Crippen molar-refractivity contribution < 1.29 is 22.7 Å². The maximum atomic E-state index is 12.8. The van der Waals surface area contributed by atoms with E-state index in [-0.39, 0.29) is 22.7 Å². The lowest BCUT2D eigenvalue weighted by molar-refractivity contribution is -0.138. The van der Waals surface area contributed by atoms with E-state index in [1.807, 2.05) is 0 Å². The smallest absolute Gasteiger partial charge is 0.419 e. The Balaban J connectivity index is 2.38. The monoisotopic (exact) mass is 296 g/mol. The molecular formula is C14H11F3N2O2. The summed E-state index contributed by atoms with van der Waals surface area (Å²) in [5.74, 6) is -1.05. The number of anilines is 1. The number of benzene rings is 2. The molecule has 0 aliphatic carbocycles. The van der Waals surface area contributed by atoms with Crippen LogP contribution in [-0.4, -0.2) is 5.91 Å². The average molecular weight is 296 g/mol. The fraction of sp³-hybridized carbons (Fsp3) is 0.0714. The van der Waals surface area contributed by atoms with Crippen molar-refractivity contribution >= 4 is 11.6 Å². The van der Waals surface area contributed by atoms with Crippen LogP contribution in [0, 0.1) is 0 Å². The first-order chi connectivity index (χ1) is 9.79. The van der Waals surface area contributed by atoms with Crippen LogP contribution < -0.4 is 16.2 Å². The highest BCUT2D eigenvalue weighted by Gasteiger charge is 2.34. The second-order valence-corrected chi connectivity index (χ2v) is 4.21. The third kappa shape index (κ3) is 3.25. The van der Waals surface area contributed by atoms with Crippen molar-refractivity contribution in [2.24, 2.45) is 5.73 Å². The van der Waals surface area contributed by atoms with E-state index in [9.17, 15) is 18.0 Å². The fourth-order valence-corrected chi connectivity index (χ4v) is 1.70. The minimum atomic E-state index is -4.54. The minimum Gasteiger partial charge on any atom is -0.455 e. The van der Waals surface area contributed by atoms with Crippen molar-refractivity contribution in [3.63, 3.8) is 0 Å². The highest BCUT2D eigenvalue weighted by atomic mass is 19.4. The third-order valence-electron chi connectivity index (χ3n) is 2.71. The number of alkyl halides is 3. The topological polar surface area (TPSA) is 78.3 Å². The zero-order chi connectivity index (χ0) is 15.6. The van der Waals surface area contributed by atoms with Gasteiger partial charge in [0.2, 0.25) is 5.91 Å². The molecule has 0 saturated carbocycles. The number of halogens is 3. The first-order valence-corrected chi connectivity index (χ1v) is 5.82. The quantitative estimate of drug-likeness (QED) is 0.854. The van der Waals surface area contributed by atoms with E-state index in [1.54, 1.807) is 0 Å². The molecule has 0 bridgehead atoms. The Morgan fingerprint density at radius 2 is 1.71 bits per heavy atom. The van der Waals surface area contributed by atoms with E-state index in [1.165, 1.54) is 36.4 Å². The van der Waals surface area contributed by atoms with Gasteiger partial charge in [-0.2, -0.15) is 13.2 Å². The number of nitrogen functional groups attached to an aromatic ring is 1. The Bertz CT molecular complexity index is 684. The van der Waals surface area contributed by atoms with Crippen molar-refractivity contribution in [1.29, 1.82) is 0 Å². The van der Waals surface area contributed by atoms with Crippen LogP contribution in [0.2, 0.25) is 0 Å². The maximum absolute atomic E-state index is 12.8. The van der Waals surface area contributed by atoms with Gasteiger partial charge in [-0.25, -0.2) is 0 Å². The molecule has 2 aromatic rings. The van der Waals surface area contributed by atoms with Gasteiger partial charge in [0, 0.05) is 5.56 Å². The van der Waals surface area contributed by atoms with Crippen LogP contribution in [0.1, 0.15) is 15.9 Å². The van der Waals surface area contributed by atoms with Gasteiger partial charge in [0.25, 0.3) is 0 Å². The van der Waals surface area contributed by atoms with Crippen LogP contribution in [0.15, 0.2) is 42.5 Å². The van der Waals surface area contributed by atoms with E-state index in [4.69, 9.17) is 16.2 Å². The highest BCUT2D eigenvalue weighted by molar-refractivity contribution is 5.94. The van der Waals surface area contributed by atoms with Crippen molar-refractivity contribution in [1.82, 2.24) is 0 Å². The molecule has 0 heterocycles. The summed E-state index contributed by atoms with van der Waals surface area (Å²) >= 11 is 0. The van der Waals surface area contributed by atoms with Gasteiger partial charge >= 0.3 is 6.18 Å². The first-order valence-electron chi connectivity index (χ1n) is 5.82. The predicted molar refractivity (Wildman–Crippen MR) is 70.9 cm³/mol. The van der Waals surface area contributed by atoms with E-state index in [0.717, 1.165) is 6.07 Å². The summed E-state index contributed by atoms with van der Waals surface area (Å²) in [6, 6.07) is 8.63. The summed E-state index contributed by atoms with van der Waals surface area (Å²) in [6.07, 6.45) is -4.54. The number of hydrogen-bond acceptors (Lipinski definition) is 3. The van der Waals surface area contributed by atoms with Gasteiger partial charge in [0.15, 0.2) is 0 Å². The maximum Gasteiger partial charge on any atom is 0.419 e. The molecule has 0 saturated heterocycles. The molecule has 21 heavy (non-hydrogen) atoms.